The molecule has 0 aliphatic rings. The smallest absolute Gasteiger partial charge is 0.423 e. The van der Waals surface area contributed by atoms with Crippen molar-refractivity contribution >= 4 is 12.0 Å². The van der Waals surface area contributed by atoms with E-state index in [9.17, 15) is 18.0 Å². The summed E-state index contributed by atoms with van der Waals surface area (Å²) >= 11 is 0. The first kappa shape index (κ1) is 13.1. The summed E-state index contributed by atoms with van der Waals surface area (Å²) in [5, 5.41) is 8.46. The molecule has 0 aromatic heterocycles. The highest BCUT2D eigenvalue weighted by atomic mass is 19.4. The quantitative estimate of drug-likeness (QED) is 0.834. The summed E-state index contributed by atoms with van der Waals surface area (Å²) in [7, 11) is 1.42. The van der Waals surface area contributed by atoms with Crippen LogP contribution in [0.4, 0.5) is 13.2 Å². The van der Waals surface area contributed by atoms with Crippen LogP contribution in [0.1, 0.15) is 5.56 Å². The molecule has 0 unspecified atom stereocenters. The predicted octanol–water partition coefficient (Wildman–Crippen LogP) is 2.73. The van der Waals surface area contributed by atoms with Gasteiger partial charge in [-0.1, -0.05) is 12.1 Å². The normalized spacial score (nSPS) is 12.4. The van der Waals surface area contributed by atoms with Gasteiger partial charge >= 0.3 is 12.1 Å². The molecule has 0 bridgehead atoms. The number of ether oxygens (including phenoxy) is 1. The van der Waals surface area contributed by atoms with Crippen LogP contribution in [0.25, 0.3) is 6.08 Å². The van der Waals surface area contributed by atoms with Gasteiger partial charge in [0.1, 0.15) is 11.3 Å². The number of rotatable bonds is 3. The van der Waals surface area contributed by atoms with Crippen LogP contribution >= 0.6 is 0 Å². The van der Waals surface area contributed by atoms with Gasteiger partial charge in [-0.05, 0) is 23.8 Å². The zero-order valence-electron chi connectivity index (χ0n) is 8.78. The van der Waals surface area contributed by atoms with Crippen molar-refractivity contribution in [1.29, 1.82) is 0 Å². The Balaban J connectivity index is 3.09. The van der Waals surface area contributed by atoms with E-state index in [-0.39, 0.29) is 5.56 Å². The van der Waals surface area contributed by atoms with Crippen LogP contribution in [-0.2, 0) is 4.79 Å². The molecule has 0 aliphatic heterocycles. The molecular formula is C11H9F3O3. The van der Waals surface area contributed by atoms with E-state index >= 15 is 0 Å². The van der Waals surface area contributed by atoms with Gasteiger partial charge in [0, 0.05) is 0 Å². The number of aliphatic carboxylic acids is 1. The molecule has 1 N–H and O–H groups in total. The minimum absolute atomic E-state index is 0.139. The highest BCUT2D eigenvalue weighted by molar-refractivity contribution is 5.93. The Morgan fingerprint density at radius 1 is 1.29 bits per heavy atom. The topological polar surface area (TPSA) is 46.5 Å². The summed E-state index contributed by atoms with van der Waals surface area (Å²) in [6.07, 6.45) is -4.31. The minimum Gasteiger partial charge on any atom is -0.497 e. The highest BCUT2D eigenvalue weighted by Crippen LogP contribution is 2.28. The summed E-state index contributed by atoms with van der Waals surface area (Å²) in [5.74, 6) is -1.53. The van der Waals surface area contributed by atoms with Gasteiger partial charge in [-0.15, -0.1) is 0 Å². The summed E-state index contributed by atoms with van der Waals surface area (Å²) in [4.78, 5) is 10.5. The van der Waals surface area contributed by atoms with Crippen LogP contribution in [0, 0.1) is 0 Å². The number of carboxylic acids is 1. The van der Waals surface area contributed by atoms with Crippen LogP contribution < -0.4 is 4.74 Å². The van der Waals surface area contributed by atoms with Crippen molar-refractivity contribution in [1.82, 2.24) is 0 Å². The van der Waals surface area contributed by atoms with Crippen molar-refractivity contribution < 1.29 is 27.8 Å². The van der Waals surface area contributed by atoms with Crippen molar-refractivity contribution in [2.45, 2.75) is 6.18 Å². The van der Waals surface area contributed by atoms with E-state index in [1.807, 2.05) is 0 Å². The SMILES string of the molecule is COc1ccc(/C=C(/C(=O)O)C(F)(F)F)cc1. The Labute approximate surface area is 95.1 Å². The fourth-order valence-corrected chi connectivity index (χ4v) is 1.13. The monoisotopic (exact) mass is 246 g/mol. The van der Waals surface area contributed by atoms with Crippen LogP contribution in [0.15, 0.2) is 29.8 Å². The third-order valence-electron chi connectivity index (χ3n) is 1.96. The van der Waals surface area contributed by atoms with E-state index in [1.165, 1.54) is 31.4 Å². The van der Waals surface area contributed by atoms with Crippen molar-refractivity contribution in [3.05, 3.63) is 35.4 Å². The molecule has 0 amide bonds. The Kier molecular flexibility index (Phi) is 3.77. The molecule has 0 atom stereocenters. The maximum Gasteiger partial charge on any atom is 0.423 e. The average Bonchev–Trinajstić information content (AvgIpc) is 2.24. The van der Waals surface area contributed by atoms with Gasteiger partial charge in [0.25, 0.3) is 0 Å². The van der Waals surface area contributed by atoms with Crippen LogP contribution in [0.3, 0.4) is 0 Å². The second-order valence-electron chi connectivity index (χ2n) is 3.13. The van der Waals surface area contributed by atoms with E-state index in [2.05, 4.69) is 0 Å². The van der Waals surface area contributed by atoms with E-state index in [4.69, 9.17) is 9.84 Å². The number of hydrogen-bond donors (Lipinski definition) is 1. The summed E-state index contributed by atoms with van der Waals surface area (Å²) in [5.41, 5.74) is -1.47. The standard InChI is InChI=1S/C11H9F3O3/c1-17-8-4-2-7(3-5-8)6-9(10(15)16)11(12,13)14/h2-6H,1H3,(H,15,16)/b9-6-. The van der Waals surface area contributed by atoms with E-state index in [0.717, 1.165) is 0 Å². The molecule has 0 saturated carbocycles. The molecule has 1 aromatic carbocycles. The molecule has 3 nitrogen and oxygen atoms in total. The molecule has 1 rings (SSSR count). The first-order valence-electron chi connectivity index (χ1n) is 4.51. The van der Waals surface area contributed by atoms with Crippen molar-refractivity contribution in [2.75, 3.05) is 7.11 Å². The molecular weight excluding hydrogens is 237 g/mol. The van der Waals surface area contributed by atoms with Crippen LogP contribution in [0.5, 0.6) is 5.75 Å². The second kappa shape index (κ2) is 4.90. The Bertz CT molecular complexity index is 432. The Hall–Kier alpha value is -1.98. The van der Waals surface area contributed by atoms with Crippen LogP contribution in [0.2, 0.25) is 0 Å². The molecule has 92 valence electrons. The summed E-state index contributed by atoms with van der Waals surface area (Å²) in [6, 6.07) is 5.57. The number of hydrogen-bond acceptors (Lipinski definition) is 2. The first-order valence-corrected chi connectivity index (χ1v) is 4.51. The number of alkyl halides is 3. The third kappa shape index (κ3) is 3.51. The average molecular weight is 246 g/mol. The van der Waals surface area contributed by atoms with Gasteiger partial charge in [0.05, 0.1) is 7.11 Å². The Morgan fingerprint density at radius 3 is 2.18 bits per heavy atom. The largest absolute Gasteiger partial charge is 0.497 e. The fourth-order valence-electron chi connectivity index (χ4n) is 1.13. The summed E-state index contributed by atoms with van der Waals surface area (Å²) in [6.45, 7) is 0. The summed E-state index contributed by atoms with van der Waals surface area (Å²) < 4.78 is 41.8. The lowest BCUT2D eigenvalue weighted by molar-refractivity contribution is -0.144. The molecule has 0 spiro atoms. The number of benzene rings is 1. The molecule has 0 radical (unpaired) electrons. The number of carbonyl (C=O) groups is 1. The number of carboxylic acid groups (broad SMARTS) is 1. The van der Waals surface area contributed by atoms with Crippen LogP contribution in [-0.4, -0.2) is 24.4 Å². The van der Waals surface area contributed by atoms with E-state index < -0.39 is 17.7 Å². The minimum atomic E-state index is -4.88. The van der Waals surface area contributed by atoms with Crippen molar-refractivity contribution in [3.63, 3.8) is 0 Å². The molecule has 17 heavy (non-hydrogen) atoms. The number of methoxy groups -OCH3 is 1. The second-order valence-corrected chi connectivity index (χ2v) is 3.13. The lowest BCUT2D eigenvalue weighted by atomic mass is 10.1. The third-order valence-corrected chi connectivity index (χ3v) is 1.96. The predicted molar refractivity (Wildman–Crippen MR) is 54.7 cm³/mol. The van der Waals surface area contributed by atoms with Gasteiger partial charge in [0.2, 0.25) is 0 Å². The molecule has 0 saturated heterocycles. The van der Waals surface area contributed by atoms with E-state index in [0.29, 0.717) is 11.8 Å². The highest BCUT2D eigenvalue weighted by Gasteiger charge is 2.38. The van der Waals surface area contributed by atoms with Gasteiger partial charge < -0.3 is 9.84 Å². The lowest BCUT2D eigenvalue weighted by Crippen LogP contribution is -2.19. The lowest BCUT2D eigenvalue weighted by Gasteiger charge is -2.07. The number of halogens is 3. The van der Waals surface area contributed by atoms with Crippen molar-refractivity contribution in [3.8, 4) is 5.75 Å². The first-order chi connectivity index (χ1) is 7.84. The maximum absolute atomic E-state index is 12.3. The molecule has 0 fully saturated rings. The molecule has 1 aromatic rings. The zero-order valence-corrected chi connectivity index (χ0v) is 8.78. The fraction of sp³-hybridized carbons (Fsp3) is 0.182. The molecule has 0 heterocycles. The van der Waals surface area contributed by atoms with Gasteiger partial charge in [0.15, 0.2) is 0 Å². The maximum atomic E-state index is 12.3. The van der Waals surface area contributed by atoms with E-state index in [1.54, 1.807) is 0 Å². The zero-order chi connectivity index (χ0) is 13.1. The van der Waals surface area contributed by atoms with Gasteiger partial charge in [-0.25, -0.2) is 4.79 Å². The molecule has 0 aliphatic carbocycles. The van der Waals surface area contributed by atoms with Crippen molar-refractivity contribution in [2.24, 2.45) is 0 Å². The van der Waals surface area contributed by atoms with Gasteiger partial charge in [-0.2, -0.15) is 13.2 Å². The van der Waals surface area contributed by atoms with Gasteiger partial charge in [-0.3, -0.25) is 0 Å². The Morgan fingerprint density at radius 2 is 1.82 bits per heavy atom. The molecule has 6 heteroatoms.